The van der Waals surface area contributed by atoms with Gasteiger partial charge in [-0.15, -0.1) is 0 Å². The molecule has 0 aliphatic rings. The van der Waals surface area contributed by atoms with Crippen LogP contribution in [0, 0.1) is 0 Å². The van der Waals surface area contributed by atoms with Crippen LogP contribution < -0.4 is 5.32 Å². The lowest BCUT2D eigenvalue weighted by Crippen LogP contribution is -2.10. The highest BCUT2D eigenvalue weighted by Gasteiger charge is 2.12. The molecule has 0 spiro atoms. The van der Waals surface area contributed by atoms with E-state index in [1.807, 2.05) is 24.3 Å². The first-order valence-corrected chi connectivity index (χ1v) is 6.64. The molecule has 0 amide bonds. The minimum atomic E-state index is 0.170. The van der Waals surface area contributed by atoms with Crippen LogP contribution in [-0.4, -0.2) is 11.4 Å². The Morgan fingerprint density at radius 1 is 0.900 bits per heavy atom. The smallest absolute Gasteiger partial charge is 0.0733 e. The number of nitrogens with one attached hydrogen (secondary N) is 1. The normalized spacial score (nSPS) is 11.8. The van der Waals surface area contributed by atoms with E-state index >= 15 is 0 Å². The minimum Gasteiger partial charge on any atom is -0.411 e. The molecule has 3 heteroatoms. The molecule has 0 saturated carbocycles. The van der Waals surface area contributed by atoms with Gasteiger partial charge in [-0.05, 0) is 40.8 Å². The molecule has 0 atom stereocenters. The van der Waals surface area contributed by atoms with Gasteiger partial charge in [0.25, 0.3) is 0 Å². The summed E-state index contributed by atoms with van der Waals surface area (Å²) in [6.07, 6.45) is 1.40. The highest BCUT2D eigenvalue weighted by atomic mass is 16.4. The molecule has 0 bridgehead atoms. The molecule has 0 radical (unpaired) electrons. The van der Waals surface area contributed by atoms with Crippen molar-refractivity contribution >= 4 is 17.6 Å². The minimum absolute atomic E-state index is 0.170. The quantitative estimate of drug-likeness (QED) is 0.488. The van der Waals surface area contributed by atoms with Gasteiger partial charge in [-0.1, -0.05) is 50.2 Å². The predicted octanol–water partition coefficient (Wildman–Crippen LogP) is 4.54. The molecule has 2 rings (SSSR count). The van der Waals surface area contributed by atoms with Gasteiger partial charge < -0.3 is 10.5 Å². The summed E-state index contributed by atoms with van der Waals surface area (Å²) in [4.78, 5) is 0. The molecule has 20 heavy (non-hydrogen) atoms. The van der Waals surface area contributed by atoms with Crippen LogP contribution >= 0.6 is 0 Å². The number of anilines is 2. The van der Waals surface area contributed by atoms with E-state index in [0.29, 0.717) is 0 Å². The second-order valence-corrected chi connectivity index (χ2v) is 5.82. The van der Waals surface area contributed by atoms with Crippen molar-refractivity contribution in [2.45, 2.75) is 26.2 Å². The Hall–Kier alpha value is -2.29. The van der Waals surface area contributed by atoms with Crippen molar-refractivity contribution in [3.05, 3.63) is 59.7 Å². The van der Waals surface area contributed by atoms with Crippen LogP contribution in [0.5, 0.6) is 0 Å². The van der Waals surface area contributed by atoms with Gasteiger partial charge in [0.05, 0.1) is 6.21 Å². The Balaban J connectivity index is 2.10. The maximum Gasteiger partial charge on any atom is 0.0733 e. The average molecular weight is 268 g/mol. The van der Waals surface area contributed by atoms with Crippen LogP contribution in [0.25, 0.3) is 0 Å². The molecule has 2 N–H and O–H groups in total. The molecule has 2 aromatic rings. The third kappa shape index (κ3) is 3.60. The van der Waals surface area contributed by atoms with Gasteiger partial charge in [0, 0.05) is 11.4 Å². The first-order chi connectivity index (χ1) is 9.49. The Labute approximate surface area is 120 Å². The summed E-state index contributed by atoms with van der Waals surface area (Å²) in [5.74, 6) is 0. The molecule has 0 fully saturated rings. The topological polar surface area (TPSA) is 44.6 Å². The van der Waals surface area contributed by atoms with Crippen LogP contribution in [0.3, 0.4) is 0 Å². The fraction of sp³-hybridized carbons (Fsp3) is 0.235. The first-order valence-electron chi connectivity index (χ1n) is 6.64. The summed E-state index contributed by atoms with van der Waals surface area (Å²) >= 11 is 0. The van der Waals surface area contributed by atoms with Crippen LogP contribution in [-0.2, 0) is 5.41 Å². The SMILES string of the molecule is CC(C)(C)c1ccc(Nc2ccc(/C=N\O)cc2)cc1. The van der Waals surface area contributed by atoms with Gasteiger partial charge in [-0.3, -0.25) is 0 Å². The van der Waals surface area contributed by atoms with E-state index < -0.39 is 0 Å². The van der Waals surface area contributed by atoms with Gasteiger partial charge in [0.15, 0.2) is 0 Å². The average Bonchev–Trinajstić information content (AvgIpc) is 2.41. The van der Waals surface area contributed by atoms with Crippen molar-refractivity contribution in [1.82, 2.24) is 0 Å². The zero-order valence-electron chi connectivity index (χ0n) is 12.1. The van der Waals surface area contributed by atoms with Crippen LogP contribution in [0.15, 0.2) is 53.7 Å². The summed E-state index contributed by atoms with van der Waals surface area (Å²) in [5.41, 5.74) is 4.41. The molecular formula is C17H20N2O. The second-order valence-electron chi connectivity index (χ2n) is 5.82. The third-order valence-corrected chi connectivity index (χ3v) is 3.16. The number of benzene rings is 2. The van der Waals surface area contributed by atoms with Gasteiger partial charge >= 0.3 is 0 Å². The first kappa shape index (κ1) is 14.1. The lowest BCUT2D eigenvalue weighted by atomic mass is 9.87. The number of oxime groups is 1. The van der Waals surface area contributed by atoms with E-state index in [2.05, 4.69) is 55.5 Å². The van der Waals surface area contributed by atoms with Crippen molar-refractivity contribution in [3.63, 3.8) is 0 Å². The van der Waals surface area contributed by atoms with Crippen molar-refractivity contribution in [1.29, 1.82) is 0 Å². The molecule has 0 unspecified atom stereocenters. The molecular weight excluding hydrogens is 248 g/mol. The van der Waals surface area contributed by atoms with Gasteiger partial charge in [0.1, 0.15) is 0 Å². The lowest BCUT2D eigenvalue weighted by Gasteiger charge is -2.19. The Morgan fingerprint density at radius 2 is 1.40 bits per heavy atom. The van der Waals surface area contributed by atoms with Gasteiger partial charge in [-0.2, -0.15) is 0 Å². The number of hydrogen-bond acceptors (Lipinski definition) is 3. The summed E-state index contributed by atoms with van der Waals surface area (Å²) in [7, 11) is 0. The van der Waals surface area contributed by atoms with E-state index in [0.717, 1.165) is 16.9 Å². The predicted molar refractivity (Wildman–Crippen MR) is 84.2 cm³/mol. The summed E-state index contributed by atoms with van der Waals surface area (Å²) in [5, 5.41) is 14.8. The maximum atomic E-state index is 8.47. The Morgan fingerprint density at radius 3 is 1.85 bits per heavy atom. The molecule has 0 aliphatic heterocycles. The standard InChI is InChI=1S/C17H20N2O/c1-17(2,3)14-6-10-16(11-7-14)19-15-8-4-13(5-9-15)12-18-20/h4-12,19-20H,1-3H3/b18-12-. The van der Waals surface area contributed by atoms with E-state index in [1.54, 1.807) is 0 Å². The number of nitrogens with zero attached hydrogens (tertiary/aromatic N) is 1. The van der Waals surface area contributed by atoms with E-state index in [9.17, 15) is 0 Å². The highest BCUT2D eigenvalue weighted by Crippen LogP contribution is 2.24. The monoisotopic (exact) mass is 268 g/mol. The number of hydrogen-bond donors (Lipinski definition) is 2. The van der Waals surface area contributed by atoms with E-state index in [-0.39, 0.29) is 5.41 Å². The van der Waals surface area contributed by atoms with Crippen LogP contribution in [0.1, 0.15) is 31.9 Å². The molecule has 3 nitrogen and oxygen atoms in total. The molecule has 104 valence electrons. The molecule has 0 heterocycles. The Bertz CT molecular complexity index is 578. The van der Waals surface area contributed by atoms with Crippen molar-refractivity contribution in [2.24, 2.45) is 5.16 Å². The van der Waals surface area contributed by atoms with Crippen molar-refractivity contribution in [2.75, 3.05) is 5.32 Å². The largest absolute Gasteiger partial charge is 0.411 e. The lowest BCUT2D eigenvalue weighted by molar-refractivity contribution is 0.322. The number of rotatable bonds is 3. The third-order valence-electron chi connectivity index (χ3n) is 3.16. The van der Waals surface area contributed by atoms with Crippen molar-refractivity contribution < 1.29 is 5.21 Å². The molecule has 0 saturated heterocycles. The van der Waals surface area contributed by atoms with Gasteiger partial charge in [-0.25, -0.2) is 0 Å². The van der Waals surface area contributed by atoms with E-state index in [4.69, 9.17) is 5.21 Å². The second kappa shape index (κ2) is 5.78. The fourth-order valence-corrected chi connectivity index (χ4v) is 1.94. The zero-order valence-corrected chi connectivity index (χ0v) is 12.1. The van der Waals surface area contributed by atoms with E-state index in [1.165, 1.54) is 11.8 Å². The molecule has 2 aromatic carbocycles. The maximum absolute atomic E-state index is 8.47. The van der Waals surface area contributed by atoms with Crippen LogP contribution in [0.4, 0.5) is 11.4 Å². The summed E-state index contributed by atoms with van der Waals surface area (Å²) in [6, 6.07) is 16.2. The fourth-order valence-electron chi connectivity index (χ4n) is 1.94. The highest BCUT2D eigenvalue weighted by molar-refractivity contribution is 5.80. The van der Waals surface area contributed by atoms with Gasteiger partial charge in [0.2, 0.25) is 0 Å². The Kier molecular flexibility index (Phi) is 4.08. The molecule has 0 aliphatic carbocycles. The van der Waals surface area contributed by atoms with Crippen molar-refractivity contribution in [3.8, 4) is 0 Å². The van der Waals surface area contributed by atoms with Crippen LogP contribution in [0.2, 0.25) is 0 Å². The summed E-state index contributed by atoms with van der Waals surface area (Å²) in [6.45, 7) is 6.62. The summed E-state index contributed by atoms with van der Waals surface area (Å²) < 4.78 is 0. The zero-order chi connectivity index (χ0) is 14.6. The molecule has 0 aromatic heterocycles.